The van der Waals surface area contributed by atoms with Crippen molar-refractivity contribution in [3.05, 3.63) is 59.1 Å². The lowest BCUT2D eigenvalue weighted by Crippen LogP contribution is -2.12. The van der Waals surface area contributed by atoms with E-state index < -0.39 is 11.4 Å². The van der Waals surface area contributed by atoms with Crippen molar-refractivity contribution in [2.45, 2.75) is 10.4 Å². The van der Waals surface area contributed by atoms with Crippen LogP contribution in [-0.4, -0.2) is 21.6 Å². The SMILES string of the molecule is O=C(Nc1nnc(-c2cccc(Cl)c2)o1)c1ccc(SC(F)(F)F)cc1. The Kier molecular flexibility index (Phi) is 5.19. The molecular weight excluding hydrogens is 391 g/mol. The van der Waals surface area contributed by atoms with Crippen LogP contribution in [0.1, 0.15) is 10.4 Å². The van der Waals surface area contributed by atoms with Gasteiger partial charge in [0.05, 0.1) is 0 Å². The van der Waals surface area contributed by atoms with E-state index in [4.69, 9.17) is 16.0 Å². The summed E-state index contributed by atoms with van der Waals surface area (Å²) in [6.07, 6.45) is 0. The number of carbonyl (C=O) groups excluding carboxylic acids is 1. The largest absolute Gasteiger partial charge is 0.446 e. The number of rotatable bonds is 4. The van der Waals surface area contributed by atoms with Gasteiger partial charge in [0.25, 0.3) is 5.91 Å². The Balaban J connectivity index is 1.69. The van der Waals surface area contributed by atoms with E-state index in [9.17, 15) is 18.0 Å². The number of aromatic nitrogens is 2. The zero-order valence-corrected chi connectivity index (χ0v) is 14.3. The van der Waals surface area contributed by atoms with E-state index in [1.54, 1.807) is 24.3 Å². The second-order valence-corrected chi connectivity index (χ2v) is 6.52. The Morgan fingerprint density at radius 3 is 2.50 bits per heavy atom. The normalized spacial score (nSPS) is 11.4. The zero-order valence-electron chi connectivity index (χ0n) is 12.7. The summed E-state index contributed by atoms with van der Waals surface area (Å²) in [6, 6.07) is 11.6. The summed E-state index contributed by atoms with van der Waals surface area (Å²) in [5, 5.41) is 10.4. The molecule has 5 nitrogen and oxygen atoms in total. The molecule has 2 aromatic carbocycles. The Bertz CT molecular complexity index is 929. The summed E-state index contributed by atoms with van der Waals surface area (Å²) in [4.78, 5) is 12.1. The molecule has 1 amide bonds. The number of thioether (sulfide) groups is 1. The fourth-order valence-electron chi connectivity index (χ4n) is 1.99. The molecule has 0 unspecified atom stereocenters. The van der Waals surface area contributed by atoms with E-state index in [1.807, 2.05) is 0 Å². The third-order valence-corrected chi connectivity index (χ3v) is 4.04. The number of carbonyl (C=O) groups is 1. The molecule has 0 aliphatic heterocycles. The van der Waals surface area contributed by atoms with Crippen LogP contribution in [0.25, 0.3) is 11.5 Å². The Hall–Kier alpha value is -2.52. The lowest BCUT2D eigenvalue weighted by Gasteiger charge is -2.06. The molecule has 0 aliphatic carbocycles. The predicted octanol–water partition coefficient (Wildman–Crippen LogP) is 5.25. The molecule has 0 saturated carbocycles. The first-order valence-corrected chi connectivity index (χ1v) is 8.26. The number of nitrogens with one attached hydrogen (secondary N) is 1. The first-order chi connectivity index (χ1) is 12.3. The van der Waals surface area contributed by atoms with Gasteiger partial charge in [-0.3, -0.25) is 10.1 Å². The molecule has 26 heavy (non-hydrogen) atoms. The standard InChI is InChI=1S/C16H9ClF3N3O2S/c17-11-3-1-2-10(8-11)14-22-23-15(25-14)21-13(24)9-4-6-12(7-5-9)26-16(18,19)20/h1-8H,(H,21,23,24). The average Bonchev–Trinajstić information content (AvgIpc) is 3.02. The molecule has 0 aliphatic rings. The van der Waals surface area contributed by atoms with Gasteiger partial charge in [-0.25, -0.2) is 0 Å². The number of benzene rings is 2. The van der Waals surface area contributed by atoms with E-state index in [0.29, 0.717) is 10.6 Å². The van der Waals surface area contributed by atoms with Crippen molar-refractivity contribution in [1.29, 1.82) is 0 Å². The topological polar surface area (TPSA) is 68.0 Å². The van der Waals surface area contributed by atoms with Gasteiger partial charge in [0.2, 0.25) is 5.89 Å². The monoisotopic (exact) mass is 399 g/mol. The molecule has 1 heterocycles. The van der Waals surface area contributed by atoms with Gasteiger partial charge in [-0.15, -0.1) is 5.10 Å². The molecule has 134 valence electrons. The predicted molar refractivity (Wildman–Crippen MR) is 91.1 cm³/mol. The number of amides is 1. The minimum atomic E-state index is -4.38. The molecule has 1 N–H and O–H groups in total. The van der Waals surface area contributed by atoms with Crippen molar-refractivity contribution in [2.75, 3.05) is 5.32 Å². The molecule has 0 bridgehead atoms. The van der Waals surface area contributed by atoms with Crippen LogP contribution in [0, 0.1) is 0 Å². The highest BCUT2D eigenvalue weighted by atomic mass is 35.5. The fraction of sp³-hybridized carbons (Fsp3) is 0.0625. The lowest BCUT2D eigenvalue weighted by atomic mass is 10.2. The molecule has 0 saturated heterocycles. The van der Waals surface area contributed by atoms with Crippen LogP contribution in [-0.2, 0) is 0 Å². The van der Waals surface area contributed by atoms with E-state index in [0.717, 1.165) is 0 Å². The summed E-state index contributed by atoms with van der Waals surface area (Å²) < 4.78 is 42.2. The van der Waals surface area contributed by atoms with Gasteiger partial charge in [-0.2, -0.15) is 13.2 Å². The fourth-order valence-corrected chi connectivity index (χ4v) is 2.72. The molecule has 0 spiro atoms. The second-order valence-electron chi connectivity index (χ2n) is 4.95. The van der Waals surface area contributed by atoms with Crippen molar-refractivity contribution in [1.82, 2.24) is 10.2 Å². The number of nitrogens with zero attached hydrogens (tertiary/aromatic N) is 2. The maximum atomic E-state index is 12.3. The quantitative estimate of drug-likeness (QED) is 0.606. The number of hydrogen-bond donors (Lipinski definition) is 1. The molecular formula is C16H9ClF3N3O2S. The van der Waals surface area contributed by atoms with E-state index >= 15 is 0 Å². The van der Waals surface area contributed by atoms with Gasteiger partial charge in [0, 0.05) is 21.0 Å². The van der Waals surface area contributed by atoms with Crippen LogP contribution in [0.5, 0.6) is 0 Å². The molecule has 0 atom stereocenters. The van der Waals surface area contributed by atoms with Gasteiger partial charge in [0.15, 0.2) is 0 Å². The molecule has 1 aromatic heterocycles. The van der Waals surface area contributed by atoms with Crippen LogP contribution in [0.2, 0.25) is 5.02 Å². The summed E-state index contributed by atoms with van der Waals surface area (Å²) in [5.74, 6) is -0.422. The second kappa shape index (κ2) is 7.38. The summed E-state index contributed by atoms with van der Waals surface area (Å²) >= 11 is 5.63. The van der Waals surface area contributed by atoms with Gasteiger partial charge in [-0.1, -0.05) is 22.8 Å². The van der Waals surface area contributed by atoms with Gasteiger partial charge >= 0.3 is 11.5 Å². The van der Waals surface area contributed by atoms with E-state index in [1.165, 1.54) is 24.3 Å². The smallest absolute Gasteiger partial charge is 0.403 e. The lowest BCUT2D eigenvalue weighted by molar-refractivity contribution is -0.0328. The highest BCUT2D eigenvalue weighted by Gasteiger charge is 2.29. The van der Waals surface area contributed by atoms with Crippen molar-refractivity contribution in [3.8, 4) is 11.5 Å². The van der Waals surface area contributed by atoms with Crippen LogP contribution >= 0.6 is 23.4 Å². The first-order valence-electron chi connectivity index (χ1n) is 7.07. The minimum Gasteiger partial charge on any atom is -0.403 e. The van der Waals surface area contributed by atoms with Crippen LogP contribution in [0.3, 0.4) is 0 Å². The van der Waals surface area contributed by atoms with Crippen molar-refractivity contribution >= 4 is 35.3 Å². The number of alkyl halides is 3. The van der Waals surface area contributed by atoms with Gasteiger partial charge in [0.1, 0.15) is 0 Å². The zero-order chi connectivity index (χ0) is 18.7. The maximum Gasteiger partial charge on any atom is 0.446 e. The highest BCUT2D eigenvalue weighted by Crippen LogP contribution is 2.36. The maximum absolute atomic E-state index is 12.3. The van der Waals surface area contributed by atoms with Crippen molar-refractivity contribution < 1.29 is 22.4 Å². The summed E-state index contributed by atoms with van der Waals surface area (Å²) in [5.41, 5.74) is -3.65. The third-order valence-electron chi connectivity index (χ3n) is 3.07. The summed E-state index contributed by atoms with van der Waals surface area (Å²) in [6.45, 7) is 0. The third kappa shape index (κ3) is 4.77. The molecule has 0 fully saturated rings. The van der Waals surface area contributed by atoms with Gasteiger partial charge in [-0.05, 0) is 54.2 Å². The highest BCUT2D eigenvalue weighted by molar-refractivity contribution is 8.00. The summed E-state index contributed by atoms with van der Waals surface area (Å²) in [7, 11) is 0. The van der Waals surface area contributed by atoms with Crippen molar-refractivity contribution in [2.24, 2.45) is 0 Å². The van der Waals surface area contributed by atoms with Crippen LogP contribution in [0.4, 0.5) is 19.2 Å². The van der Waals surface area contributed by atoms with E-state index in [-0.39, 0.29) is 34.1 Å². The minimum absolute atomic E-state index is 0.0184. The Morgan fingerprint density at radius 1 is 1.12 bits per heavy atom. The average molecular weight is 400 g/mol. The number of halogens is 4. The van der Waals surface area contributed by atoms with Crippen LogP contribution < -0.4 is 5.32 Å². The molecule has 3 rings (SSSR count). The van der Waals surface area contributed by atoms with Crippen LogP contribution in [0.15, 0.2) is 57.8 Å². The number of hydrogen-bond acceptors (Lipinski definition) is 5. The molecule has 3 aromatic rings. The molecule has 10 heteroatoms. The Labute approximate surface area is 154 Å². The Morgan fingerprint density at radius 2 is 1.85 bits per heavy atom. The first kappa shape index (κ1) is 18.3. The molecule has 0 radical (unpaired) electrons. The van der Waals surface area contributed by atoms with E-state index in [2.05, 4.69) is 15.5 Å². The number of anilines is 1. The van der Waals surface area contributed by atoms with Gasteiger partial charge < -0.3 is 4.42 Å². The van der Waals surface area contributed by atoms with Crippen molar-refractivity contribution in [3.63, 3.8) is 0 Å².